The molecule has 0 radical (unpaired) electrons. The fourth-order valence-electron chi connectivity index (χ4n) is 2.35. The zero-order chi connectivity index (χ0) is 21.8. The first-order chi connectivity index (χ1) is 13.4. The zero-order valence-corrected chi connectivity index (χ0v) is 19.9. The van der Waals surface area contributed by atoms with Crippen molar-refractivity contribution in [3.05, 3.63) is 49.5 Å². The van der Waals surface area contributed by atoms with Crippen LogP contribution in [0.5, 0.6) is 5.75 Å². The molecule has 2 aromatic rings. The van der Waals surface area contributed by atoms with Gasteiger partial charge in [0.15, 0.2) is 11.6 Å². The van der Waals surface area contributed by atoms with E-state index in [4.69, 9.17) is 50.0 Å². The van der Waals surface area contributed by atoms with Crippen molar-refractivity contribution < 1.29 is 14.3 Å². The van der Waals surface area contributed by atoms with E-state index in [0.29, 0.717) is 26.7 Å². The van der Waals surface area contributed by atoms with Crippen molar-refractivity contribution >= 4 is 62.6 Å². The van der Waals surface area contributed by atoms with Gasteiger partial charge in [-0.3, -0.25) is 0 Å². The fraction of sp³-hybridized carbons (Fsp3) is 0.368. The lowest BCUT2D eigenvalue weighted by molar-refractivity contribution is 0.0488. The molecular weight excluding hydrogens is 504 g/mol. The van der Waals surface area contributed by atoms with Crippen LogP contribution in [0.25, 0.3) is 0 Å². The number of nitrogens with two attached hydrogens (primary N) is 1. The van der Waals surface area contributed by atoms with Gasteiger partial charge in [0.2, 0.25) is 0 Å². The van der Waals surface area contributed by atoms with Crippen LogP contribution in [0.3, 0.4) is 0 Å². The van der Waals surface area contributed by atoms with Crippen molar-refractivity contribution in [2.45, 2.75) is 38.8 Å². The van der Waals surface area contributed by atoms with Gasteiger partial charge in [0, 0.05) is 16.1 Å². The Bertz CT molecular complexity index is 891. The van der Waals surface area contributed by atoms with Crippen LogP contribution in [0.1, 0.15) is 26.3 Å². The Hall–Kier alpha value is -1.41. The lowest BCUT2D eigenvalue weighted by Crippen LogP contribution is -2.43. The fourth-order valence-corrected chi connectivity index (χ4v) is 3.28. The van der Waals surface area contributed by atoms with Gasteiger partial charge >= 0.3 is 6.09 Å². The molecule has 1 aromatic heterocycles. The van der Waals surface area contributed by atoms with E-state index in [2.05, 4.69) is 26.2 Å². The Labute approximate surface area is 193 Å². The number of rotatable bonds is 6. The normalized spacial score (nSPS) is 12.4. The van der Waals surface area contributed by atoms with Crippen LogP contribution in [0.2, 0.25) is 15.2 Å². The highest BCUT2D eigenvalue weighted by atomic mass is 79.9. The number of halogens is 4. The second kappa shape index (κ2) is 10.1. The first-order valence-electron chi connectivity index (χ1n) is 8.62. The number of nitrogens with one attached hydrogen (secondary N) is 1. The van der Waals surface area contributed by atoms with Gasteiger partial charge in [-0.25, -0.2) is 9.78 Å². The molecule has 0 bridgehead atoms. The van der Waals surface area contributed by atoms with Crippen molar-refractivity contribution in [2.24, 2.45) is 0 Å². The van der Waals surface area contributed by atoms with E-state index in [1.807, 2.05) is 0 Å². The number of pyridine rings is 1. The Morgan fingerprint density at radius 3 is 2.59 bits per heavy atom. The molecule has 0 saturated heterocycles. The third-order valence-electron chi connectivity index (χ3n) is 3.57. The van der Waals surface area contributed by atoms with Gasteiger partial charge in [0.05, 0.1) is 10.5 Å². The predicted octanol–water partition coefficient (Wildman–Crippen LogP) is 5.90. The number of hydrogen-bond donors (Lipinski definition) is 2. The standard InChI is InChI=1S/C19H21BrCl3N3O3/c1-19(2,3)29-18(27)25-12(6-10-4-5-11(21)7-14(10)22)9-28-15-8-13(20)16(23)26-17(15)24/h4-5,7-8,12H,6,9H2,1-3H3,(H2,24,26)(H,25,27)/t12-/m0/s1. The maximum atomic E-state index is 12.3. The van der Waals surface area contributed by atoms with Crippen LogP contribution in [-0.2, 0) is 11.2 Å². The van der Waals surface area contributed by atoms with Crippen LogP contribution in [-0.4, -0.2) is 29.3 Å². The van der Waals surface area contributed by atoms with Gasteiger partial charge in [-0.15, -0.1) is 0 Å². The number of anilines is 1. The summed E-state index contributed by atoms with van der Waals surface area (Å²) in [4.78, 5) is 16.3. The molecular formula is C19H21BrCl3N3O3. The van der Waals surface area contributed by atoms with Crippen molar-refractivity contribution in [1.29, 1.82) is 0 Å². The van der Waals surface area contributed by atoms with Crippen LogP contribution >= 0.6 is 50.7 Å². The molecule has 29 heavy (non-hydrogen) atoms. The number of hydrogen-bond acceptors (Lipinski definition) is 5. The van der Waals surface area contributed by atoms with Gasteiger partial charge < -0.3 is 20.5 Å². The molecule has 6 nitrogen and oxygen atoms in total. The van der Waals surface area contributed by atoms with Crippen LogP contribution < -0.4 is 15.8 Å². The van der Waals surface area contributed by atoms with Gasteiger partial charge in [-0.2, -0.15) is 0 Å². The molecule has 0 aliphatic heterocycles. The summed E-state index contributed by atoms with van der Waals surface area (Å²) in [6.07, 6.45) is -0.184. The Balaban J connectivity index is 2.17. The van der Waals surface area contributed by atoms with E-state index in [1.165, 1.54) is 0 Å². The van der Waals surface area contributed by atoms with Crippen LogP contribution in [0.4, 0.5) is 10.6 Å². The highest BCUT2D eigenvalue weighted by Gasteiger charge is 2.22. The van der Waals surface area contributed by atoms with E-state index in [9.17, 15) is 4.79 Å². The van der Waals surface area contributed by atoms with Crippen molar-refractivity contribution in [3.63, 3.8) is 0 Å². The van der Waals surface area contributed by atoms with Gasteiger partial charge in [0.1, 0.15) is 17.4 Å². The smallest absolute Gasteiger partial charge is 0.408 e. The number of benzene rings is 1. The molecule has 1 atom stereocenters. The number of carbonyl (C=O) groups is 1. The molecule has 0 saturated carbocycles. The SMILES string of the molecule is CC(C)(C)OC(=O)N[C@H](COc1cc(Br)c(Cl)nc1N)Cc1ccc(Cl)cc1Cl. The van der Waals surface area contributed by atoms with E-state index in [0.717, 1.165) is 5.56 Å². The van der Waals surface area contributed by atoms with E-state index in [-0.39, 0.29) is 17.6 Å². The minimum atomic E-state index is -0.636. The predicted molar refractivity (Wildman–Crippen MR) is 120 cm³/mol. The number of amides is 1. The van der Waals surface area contributed by atoms with E-state index in [1.54, 1.807) is 45.0 Å². The number of aromatic nitrogens is 1. The first kappa shape index (κ1) is 23.9. The quantitative estimate of drug-likeness (QED) is 0.459. The minimum Gasteiger partial charge on any atom is -0.488 e. The van der Waals surface area contributed by atoms with Crippen LogP contribution in [0, 0.1) is 0 Å². The van der Waals surface area contributed by atoms with Gasteiger partial charge in [-0.05, 0) is 60.8 Å². The van der Waals surface area contributed by atoms with E-state index < -0.39 is 17.7 Å². The van der Waals surface area contributed by atoms with Crippen LogP contribution in [0.15, 0.2) is 28.7 Å². The summed E-state index contributed by atoms with van der Waals surface area (Å²) in [6.45, 7) is 5.45. The molecule has 0 spiro atoms. The second-order valence-corrected chi connectivity index (χ2v) is 9.29. The Morgan fingerprint density at radius 1 is 1.28 bits per heavy atom. The summed E-state index contributed by atoms with van der Waals surface area (Å²) in [5, 5.41) is 4.05. The van der Waals surface area contributed by atoms with Crippen molar-refractivity contribution in [3.8, 4) is 5.75 Å². The summed E-state index contributed by atoms with van der Waals surface area (Å²) in [5.74, 6) is 0.471. The molecule has 2 rings (SSSR count). The largest absolute Gasteiger partial charge is 0.488 e. The molecule has 1 amide bonds. The summed E-state index contributed by atoms with van der Waals surface area (Å²) >= 11 is 21.4. The van der Waals surface area contributed by atoms with E-state index >= 15 is 0 Å². The molecule has 0 aliphatic carbocycles. The second-order valence-electron chi connectivity index (χ2n) is 7.24. The van der Waals surface area contributed by atoms with Crippen molar-refractivity contribution in [1.82, 2.24) is 10.3 Å². The molecule has 1 aromatic carbocycles. The van der Waals surface area contributed by atoms with Gasteiger partial charge in [-0.1, -0.05) is 40.9 Å². The summed E-state index contributed by atoms with van der Waals surface area (Å²) < 4.78 is 11.7. The Kier molecular flexibility index (Phi) is 8.28. The molecule has 0 unspecified atom stereocenters. The minimum absolute atomic E-state index is 0.0954. The average molecular weight is 526 g/mol. The molecule has 158 valence electrons. The number of alkyl carbamates (subject to hydrolysis) is 1. The third kappa shape index (κ3) is 7.74. The monoisotopic (exact) mass is 523 g/mol. The van der Waals surface area contributed by atoms with Gasteiger partial charge in [0.25, 0.3) is 0 Å². The maximum Gasteiger partial charge on any atom is 0.408 e. The summed E-state index contributed by atoms with van der Waals surface area (Å²) in [6, 6.07) is 6.32. The number of ether oxygens (including phenoxy) is 2. The zero-order valence-electron chi connectivity index (χ0n) is 16.1. The summed E-state index contributed by atoms with van der Waals surface area (Å²) in [5.41, 5.74) is 6.02. The molecule has 0 fully saturated rings. The highest BCUT2D eigenvalue weighted by molar-refractivity contribution is 9.10. The number of nitrogen functional groups attached to an aromatic ring is 1. The third-order valence-corrected chi connectivity index (χ3v) is 5.28. The maximum absolute atomic E-state index is 12.3. The topological polar surface area (TPSA) is 86.5 Å². The molecule has 10 heteroatoms. The highest BCUT2D eigenvalue weighted by Crippen LogP contribution is 2.30. The first-order valence-corrected chi connectivity index (χ1v) is 10.5. The Morgan fingerprint density at radius 2 is 1.97 bits per heavy atom. The number of carbonyl (C=O) groups excluding carboxylic acids is 1. The van der Waals surface area contributed by atoms with Crippen molar-refractivity contribution in [2.75, 3.05) is 12.3 Å². The molecule has 0 aliphatic rings. The number of nitrogens with zero attached hydrogens (tertiary/aromatic N) is 1. The molecule has 1 heterocycles. The summed E-state index contributed by atoms with van der Waals surface area (Å²) in [7, 11) is 0. The lowest BCUT2D eigenvalue weighted by atomic mass is 10.1. The molecule has 3 N–H and O–H groups in total. The lowest BCUT2D eigenvalue weighted by Gasteiger charge is -2.24. The average Bonchev–Trinajstić information content (AvgIpc) is 2.57.